The molecule has 1 fully saturated rings. The van der Waals surface area contributed by atoms with Crippen molar-refractivity contribution in [3.63, 3.8) is 0 Å². The number of hydrogen-bond donors (Lipinski definition) is 1. The van der Waals surface area contributed by atoms with Gasteiger partial charge in [-0.3, -0.25) is 4.90 Å². The van der Waals surface area contributed by atoms with Crippen LogP contribution in [0.25, 0.3) is 11.4 Å². The van der Waals surface area contributed by atoms with Gasteiger partial charge < -0.3 is 10.1 Å². The SMILES string of the molecule is C[C@H](c1ccccc1)N1C(=O)OC[C@H]1Cn1nnc(-c2ccccc2Nc2ccc(C(C)(C)F)cc2)n1. The number of alkyl halides is 1. The maximum Gasteiger partial charge on any atom is 0.410 e. The molecule has 1 aliphatic heterocycles. The average Bonchev–Trinajstić information content (AvgIpc) is 3.51. The number of aromatic nitrogens is 4. The molecule has 9 heteroatoms. The number of nitrogens with zero attached hydrogens (tertiary/aromatic N) is 5. The molecule has 190 valence electrons. The number of nitrogens with one attached hydrogen (secondary N) is 1. The van der Waals surface area contributed by atoms with Crippen molar-refractivity contribution in [2.45, 2.75) is 45.1 Å². The highest BCUT2D eigenvalue weighted by Crippen LogP contribution is 2.31. The van der Waals surface area contributed by atoms with Crippen LogP contribution in [0.2, 0.25) is 0 Å². The Morgan fingerprint density at radius 2 is 1.76 bits per heavy atom. The summed E-state index contributed by atoms with van der Waals surface area (Å²) in [7, 11) is 0. The molecule has 0 saturated carbocycles. The van der Waals surface area contributed by atoms with Crippen molar-refractivity contribution in [2.24, 2.45) is 0 Å². The van der Waals surface area contributed by atoms with Crippen LogP contribution in [-0.4, -0.2) is 43.8 Å². The van der Waals surface area contributed by atoms with E-state index in [4.69, 9.17) is 4.74 Å². The van der Waals surface area contributed by atoms with Gasteiger partial charge in [0.1, 0.15) is 12.3 Å². The number of benzene rings is 3. The topological polar surface area (TPSA) is 85.2 Å². The predicted molar refractivity (Wildman–Crippen MR) is 139 cm³/mol. The van der Waals surface area contributed by atoms with Gasteiger partial charge in [-0.2, -0.15) is 4.80 Å². The van der Waals surface area contributed by atoms with Crippen molar-refractivity contribution in [3.05, 3.63) is 90.0 Å². The second kappa shape index (κ2) is 10.0. The third kappa shape index (κ3) is 5.30. The van der Waals surface area contributed by atoms with Gasteiger partial charge in [-0.15, -0.1) is 10.2 Å². The second-order valence-electron chi connectivity index (χ2n) is 9.61. The van der Waals surface area contributed by atoms with Gasteiger partial charge in [0.25, 0.3) is 0 Å². The molecular weight excluding hydrogens is 471 g/mol. The Kier molecular flexibility index (Phi) is 6.60. The van der Waals surface area contributed by atoms with Crippen molar-refractivity contribution in [3.8, 4) is 11.4 Å². The van der Waals surface area contributed by atoms with Gasteiger partial charge in [0.05, 0.1) is 18.6 Å². The molecule has 4 aromatic rings. The highest BCUT2D eigenvalue weighted by Gasteiger charge is 2.37. The fourth-order valence-corrected chi connectivity index (χ4v) is 4.49. The van der Waals surface area contributed by atoms with Gasteiger partial charge >= 0.3 is 6.09 Å². The standard InChI is InChI=1S/C28H29FN6O2/c1-19(20-9-5-4-6-10-20)35-23(18-37-27(35)36)17-34-32-26(31-33-34)24-11-7-8-12-25(24)30-22-15-13-21(14-16-22)28(2,3)29/h4-16,19,23,30H,17-18H2,1-3H3/t19-,23-/m1/s1. The molecule has 0 bridgehead atoms. The van der Waals surface area contributed by atoms with E-state index in [0.29, 0.717) is 17.9 Å². The van der Waals surface area contributed by atoms with Gasteiger partial charge in [0, 0.05) is 16.9 Å². The number of amides is 1. The summed E-state index contributed by atoms with van der Waals surface area (Å²) < 4.78 is 19.6. The first-order valence-corrected chi connectivity index (χ1v) is 12.2. The summed E-state index contributed by atoms with van der Waals surface area (Å²) in [5.41, 5.74) is 2.63. The third-order valence-electron chi connectivity index (χ3n) is 6.55. The predicted octanol–water partition coefficient (Wildman–Crippen LogP) is 5.87. The third-order valence-corrected chi connectivity index (χ3v) is 6.55. The Hall–Kier alpha value is -4.27. The lowest BCUT2D eigenvalue weighted by molar-refractivity contribution is 0.145. The number of para-hydroxylation sites is 1. The van der Waals surface area contributed by atoms with E-state index in [9.17, 15) is 9.18 Å². The molecule has 0 aliphatic carbocycles. The lowest BCUT2D eigenvalue weighted by Crippen LogP contribution is -2.39. The number of anilines is 2. The van der Waals surface area contributed by atoms with Crippen LogP contribution >= 0.6 is 0 Å². The quantitative estimate of drug-likeness (QED) is 0.326. The number of carbonyl (C=O) groups excluding carboxylic acids is 1. The van der Waals surface area contributed by atoms with Crippen LogP contribution in [0.1, 0.15) is 37.9 Å². The van der Waals surface area contributed by atoms with Crippen LogP contribution in [0.4, 0.5) is 20.6 Å². The maximum absolute atomic E-state index is 14.2. The number of carbonyl (C=O) groups is 1. The van der Waals surface area contributed by atoms with Crippen molar-refractivity contribution in [2.75, 3.05) is 11.9 Å². The molecule has 5 rings (SSSR count). The number of ether oxygens (including phenoxy) is 1. The first kappa shape index (κ1) is 24.4. The fourth-order valence-electron chi connectivity index (χ4n) is 4.49. The minimum Gasteiger partial charge on any atom is -0.447 e. The van der Waals surface area contributed by atoms with E-state index in [-0.39, 0.29) is 24.8 Å². The zero-order valence-corrected chi connectivity index (χ0v) is 21.0. The van der Waals surface area contributed by atoms with E-state index < -0.39 is 5.67 Å². The van der Waals surface area contributed by atoms with E-state index in [1.807, 2.05) is 73.7 Å². The molecule has 1 saturated heterocycles. The molecule has 8 nitrogen and oxygen atoms in total. The molecule has 1 aliphatic rings. The second-order valence-corrected chi connectivity index (χ2v) is 9.61. The number of tetrazole rings is 1. The van der Waals surface area contributed by atoms with Crippen molar-refractivity contribution in [1.29, 1.82) is 0 Å². The molecule has 1 aromatic heterocycles. The van der Waals surface area contributed by atoms with E-state index in [0.717, 1.165) is 22.5 Å². The van der Waals surface area contributed by atoms with Gasteiger partial charge in [-0.1, -0.05) is 54.6 Å². The molecule has 3 aromatic carbocycles. The molecule has 37 heavy (non-hydrogen) atoms. The number of hydrogen-bond acceptors (Lipinski definition) is 6. The van der Waals surface area contributed by atoms with E-state index in [1.165, 1.54) is 18.6 Å². The van der Waals surface area contributed by atoms with Crippen LogP contribution < -0.4 is 5.32 Å². The average molecular weight is 501 g/mol. The summed E-state index contributed by atoms with van der Waals surface area (Å²) in [5.74, 6) is 0.456. The minimum atomic E-state index is -1.40. The lowest BCUT2D eigenvalue weighted by Gasteiger charge is -2.27. The van der Waals surface area contributed by atoms with Gasteiger partial charge in [-0.05, 0) is 61.4 Å². The molecule has 2 heterocycles. The Bertz CT molecular complexity index is 1370. The largest absolute Gasteiger partial charge is 0.447 e. The van der Waals surface area contributed by atoms with Crippen LogP contribution in [0.15, 0.2) is 78.9 Å². The Balaban J connectivity index is 1.33. The van der Waals surface area contributed by atoms with E-state index >= 15 is 0 Å². The minimum absolute atomic E-state index is 0.150. The zero-order valence-electron chi connectivity index (χ0n) is 21.0. The number of halogens is 1. The maximum atomic E-state index is 14.2. The van der Waals surface area contributed by atoms with Crippen LogP contribution in [0.3, 0.4) is 0 Å². The van der Waals surface area contributed by atoms with E-state index in [2.05, 4.69) is 20.7 Å². The van der Waals surface area contributed by atoms with E-state index in [1.54, 1.807) is 17.0 Å². The normalized spacial score (nSPS) is 16.5. The summed E-state index contributed by atoms with van der Waals surface area (Å²) in [6.07, 6.45) is -0.349. The molecule has 2 atom stereocenters. The Morgan fingerprint density at radius 1 is 1.05 bits per heavy atom. The summed E-state index contributed by atoms with van der Waals surface area (Å²) in [4.78, 5) is 15.8. The van der Waals surface area contributed by atoms with Crippen LogP contribution in [0, 0.1) is 0 Å². The summed E-state index contributed by atoms with van der Waals surface area (Å²) in [5, 5.41) is 16.5. The van der Waals surface area contributed by atoms with Crippen molar-refractivity contribution in [1.82, 2.24) is 25.1 Å². The summed E-state index contributed by atoms with van der Waals surface area (Å²) >= 11 is 0. The Labute approximate surface area is 215 Å². The van der Waals surface area contributed by atoms with Crippen molar-refractivity contribution >= 4 is 17.5 Å². The molecule has 1 N–H and O–H groups in total. The van der Waals surface area contributed by atoms with Gasteiger partial charge in [0.2, 0.25) is 5.82 Å². The van der Waals surface area contributed by atoms with Crippen molar-refractivity contribution < 1.29 is 13.9 Å². The van der Waals surface area contributed by atoms with Gasteiger partial charge in [0.15, 0.2) is 0 Å². The molecule has 0 spiro atoms. The molecule has 1 amide bonds. The zero-order chi connectivity index (χ0) is 26.0. The van der Waals surface area contributed by atoms with Crippen LogP contribution in [0.5, 0.6) is 0 Å². The number of cyclic esters (lactones) is 1. The first-order chi connectivity index (χ1) is 17.8. The van der Waals surface area contributed by atoms with Gasteiger partial charge in [-0.25, -0.2) is 9.18 Å². The lowest BCUT2D eigenvalue weighted by atomic mass is 10.00. The first-order valence-electron chi connectivity index (χ1n) is 12.2. The highest BCUT2D eigenvalue weighted by molar-refractivity contribution is 5.77. The smallest absolute Gasteiger partial charge is 0.410 e. The van der Waals surface area contributed by atoms with Crippen LogP contribution in [-0.2, 0) is 17.0 Å². The summed E-state index contributed by atoms with van der Waals surface area (Å²) in [6, 6.07) is 24.4. The monoisotopic (exact) mass is 500 g/mol. The fraction of sp³-hybridized carbons (Fsp3) is 0.286. The highest BCUT2D eigenvalue weighted by atomic mass is 19.1. The molecule has 0 unspecified atom stereocenters. The number of rotatable bonds is 8. The molecular formula is C28H29FN6O2. The Morgan fingerprint density at radius 3 is 2.49 bits per heavy atom. The molecule has 0 radical (unpaired) electrons. The summed E-state index contributed by atoms with van der Waals surface area (Å²) in [6.45, 7) is 5.67.